The second-order valence-electron chi connectivity index (χ2n) is 6.28. The van der Waals surface area contributed by atoms with Gasteiger partial charge in [-0.1, -0.05) is 19.9 Å². The van der Waals surface area contributed by atoms with Crippen molar-refractivity contribution in [1.29, 1.82) is 0 Å². The number of methoxy groups -OCH3 is 1. The third-order valence-corrected chi connectivity index (χ3v) is 3.98. The molecule has 2 rings (SSSR count). The summed E-state index contributed by atoms with van der Waals surface area (Å²) in [7, 11) is 1.30. The predicted octanol–water partition coefficient (Wildman–Crippen LogP) is 3.32. The molecule has 3 N–H and O–H groups in total. The fourth-order valence-corrected chi connectivity index (χ4v) is 2.48. The van der Waals surface area contributed by atoms with Gasteiger partial charge in [-0.3, -0.25) is 25.0 Å². The lowest BCUT2D eigenvalue weighted by molar-refractivity contribution is -0.385. The Morgan fingerprint density at radius 1 is 1.10 bits per heavy atom. The van der Waals surface area contributed by atoms with E-state index in [1.165, 1.54) is 19.2 Å². The molecule has 29 heavy (non-hydrogen) atoms. The highest BCUT2D eigenvalue weighted by Crippen LogP contribution is 2.27. The number of nitro groups is 1. The average molecular weight is 416 g/mol. The number of benzene rings is 2. The van der Waals surface area contributed by atoms with Gasteiger partial charge in [-0.2, -0.15) is 0 Å². The van der Waals surface area contributed by atoms with Crippen LogP contribution in [0.15, 0.2) is 42.5 Å². The summed E-state index contributed by atoms with van der Waals surface area (Å²) in [6.45, 7) is 3.57. The third-order valence-electron chi connectivity index (χ3n) is 3.78. The predicted molar refractivity (Wildman–Crippen MR) is 113 cm³/mol. The molecule has 0 aliphatic heterocycles. The number of rotatable bonds is 6. The number of nitro benzene ring substituents is 1. The number of carbonyl (C=O) groups is 2. The fourth-order valence-electron chi connectivity index (χ4n) is 2.27. The van der Waals surface area contributed by atoms with Crippen LogP contribution in [0.3, 0.4) is 0 Å². The van der Waals surface area contributed by atoms with Gasteiger partial charge in [-0.15, -0.1) is 0 Å². The maximum Gasteiger partial charge on any atom is 0.311 e. The highest BCUT2D eigenvalue weighted by atomic mass is 32.1. The first-order valence-corrected chi connectivity index (χ1v) is 8.97. The van der Waals surface area contributed by atoms with Crippen LogP contribution < -0.4 is 20.7 Å². The minimum absolute atomic E-state index is 0.000747. The maximum absolute atomic E-state index is 12.3. The number of nitrogens with zero attached hydrogens (tertiary/aromatic N) is 1. The Morgan fingerprint density at radius 2 is 1.76 bits per heavy atom. The van der Waals surface area contributed by atoms with Gasteiger partial charge >= 0.3 is 5.69 Å². The summed E-state index contributed by atoms with van der Waals surface area (Å²) in [5.41, 5.74) is 0.860. The van der Waals surface area contributed by atoms with Crippen LogP contribution in [0.1, 0.15) is 24.2 Å². The average Bonchev–Trinajstić information content (AvgIpc) is 2.67. The van der Waals surface area contributed by atoms with Gasteiger partial charge < -0.3 is 15.4 Å². The molecule has 0 bridgehead atoms. The summed E-state index contributed by atoms with van der Waals surface area (Å²) in [6.07, 6.45) is 0. The zero-order valence-electron chi connectivity index (χ0n) is 16.0. The van der Waals surface area contributed by atoms with Crippen molar-refractivity contribution in [1.82, 2.24) is 5.32 Å². The molecular formula is C19H20N4O5S. The lowest BCUT2D eigenvalue weighted by Gasteiger charge is -2.12. The van der Waals surface area contributed by atoms with Crippen LogP contribution in [0.5, 0.6) is 5.75 Å². The van der Waals surface area contributed by atoms with Gasteiger partial charge in [0.05, 0.1) is 12.0 Å². The van der Waals surface area contributed by atoms with Crippen LogP contribution in [-0.4, -0.2) is 29.0 Å². The van der Waals surface area contributed by atoms with E-state index in [1.54, 1.807) is 38.1 Å². The lowest BCUT2D eigenvalue weighted by Crippen LogP contribution is -2.34. The SMILES string of the molecule is COc1ccc(C(=O)NC(=S)Nc2cccc(NC(=O)C(C)C)c2)cc1[N+](=O)[O-]. The van der Waals surface area contributed by atoms with Gasteiger partial charge in [0, 0.05) is 28.9 Å². The van der Waals surface area contributed by atoms with E-state index in [2.05, 4.69) is 16.0 Å². The molecule has 2 aromatic carbocycles. The molecule has 10 heteroatoms. The molecule has 0 heterocycles. The Labute approximate surface area is 172 Å². The summed E-state index contributed by atoms with van der Waals surface area (Å²) in [6, 6.07) is 10.7. The van der Waals surface area contributed by atoms with Gasteiger partial charge in [-0.25, -0.2) is 0 Å². The van der Waals surface area contributed by atoms with E-state index in [9.17, 15) is 19.7 Å². The maximum atomic E-state index is 12.3. The lowest BCUT2D eigenvalue weighted by atomic mass is 10.1. The molecule has 0 unspecified atom stereocenters. The van der Waals surface area contributed by atoms with Gasteiger partial charge in [0.15, 0.2) is 10.9 Å². The molecule has 9 nitrogen and oxygen atoms in total. The minimum atomic E-state index is -0.636. The molecule has 0 aliphatic rings. The number of nitrogens with one attached hydrogen (secondary N) is 3. The monoisotopic (exact) mass is 416 g/mol. The summed E-state index contributed by atoms with van der Waals surface area (Å²) in [5.74, 6) is -0.857. The van der Waals surface area contributed by atoms with Crippen LogP contribution in [0.2, 0.25) is 0 Å². The second-order valence-corrected chi connectivity index (χ2v) is 6.68. The van der Waals surface area contributed by atoms with Crippen molar-refractivity contribution in [2.75, 3.05) is 17.7 Å². The molecule has 152 valence electrons. The minimum Gasteiger partial charge on any atom is -0.490 e. The summed E-state index contributed by atoms with van der Waals surface area (Å²) in [4.78, 5) is 34.6. The highest BCUT2D eigenvalue weighted by molar-refractivity contribution is 7.80. The number of ether oxygens (including phenoxy) is 1. The van der Waals surface area contributed by atoms with Crippen LogP contribution in [0, 0.1) is 16.0 Å². The molecule has 0 saturated carbocycles. The highest BCUT2D eigenvalue weighted by Gasteiger charge is 2.18. The van der Waals surface area contributed by atoms with E-state index in [4.69, 9.17) is 17.0 Å². The quantitative estimate of drug-likeness (QED) is 0.375. The van der Waals surface area contributed by atoms with Gasteiger partial charge in [-0.05, 0) is 42.5 Å². The smallest absolute Gasteiger partial charge is 0.311 e. The molecule has 0 saturated heterocycles. The normalized spacial score (nSPS) is 10.2. The van der Waals surface area contributed by atoms with Crippen LogP contribution >= 0.6 is 12.2 Å². The van der Waals surface area contributed by atoms with Crippen molar-refractivity contribution >= 4 is 46.2 Å². The van der Waals surface area contributed by atoms with Crippen LogP contribution in [0.25, 0.3) is 0 Å². The van der Waals surface area contributed by atoms with Crippen LogP contribution in [-0.2, 0) is 4.79 Å². The fraction of sp³-hybridized carbons (Fsp3) is 0.211. The Hall–Kier alpha value is -3.53. The van der Waals surface area contributed by atoms with Gasteiger partial charge in [0.2, 0.25) is 5.91 Å². The number of thiocarbonyl (C=S) groups is 1. The van der Waals surface area contributed by atoms with E-state index in [1.807, 2.05) is 0 Å². The van der Waals surface area contributed by atoms with Gasteiger partial charge in [0.25, 0.3) is 5.91 Å². The summed E-state index contributed by atoms with van der Waals surface area (Å²) in [5, 5.41) is 19.2. The van der Waals surface area contributed by atoms with Crippen molar-refractivity contribution in [3.05, 3.63) is 58.1 Å². The first kappa shape index (κ1) is 21.8. The first-order valence-electron chi connectivity index (χ1n) is 8.57. The number of hydrogen-bond acceptors (Lipinski definition) is 6. The summed E-state index contributed by atoms with van der Waals surface area (Å²) < 4.78 is 4.91. The molecular weight excluding hydrogens is 396 g/mol. The molecule has 0 aliphatic carbocycles. The van der Waals surface area contributed by atoms with E-state index >= 15 is 0 Å². The number of anilines is 2. The van der Waals surface area contributed by atoms with E-state index in [0.29, 0.717) is 11.4 Å². The topological polar surface area (TPSA) is 123 Å². The van der Waals surface area contributed by atoms with E-state index < -0.39 is 10.8 Å². The molecule has 0 aromatic heterocycles. The number of carbonyl (C=O) groups excluding carboxylic acids is 2. The molecule has 0 radical (unpaired) electrons. The zero-order chi connectivity index (χ0) is 21.6. The van der Waals surface area contributed by atoms with Crippen molar-refractivity contribution in [2.24, 2.45) is 5.92 Å². The van der Waals surface area contributed by atoms with Crippen molar-refractivity contribution in [3.8, 4) is 5.75 Å². The molecule has 2 aromatic rings. The standard InChI is InChI=1S/C19H20N4O5S/c1-11(2)17(24)20-13-5-4-6-14(10-13)21-19(29)22-18(25)12-7-8-16(28-3)15(9-12)23(26)27/h4-11H,1-3H3,(H,20,24)(H2,21,22,25,29). The van der Waals surface area contributed by atoms with Crippen LogP contribution in [0.4, 0.5) is 17.1 Å². The molecule has 0 atom stereocenters. The Bertz CT molecular complexity index is 961. The largest absolute Gasteiger partial charge is 0.490 e. The Morgan fingerprint density at radius 3 is 2.34 bits per heavy atom. The number of amides is 2. The van der Waals surface area contributed by atoms with E-state index in [-0.39, 0.29) is 33.9 Å². The Balaban J connectivity index is 2.06. The van der Waals surface area contributed by atoms with Crippen molar-refractivity contribution in [2.45, 2.75) is 13.8 Å². The van der Waals surface area contributed by atoms with Crippen molar-refractivity contribution < 1.29 is 19.2 Å². The molecule has 0 fully saturated rings. The molecule has 2 amide bonds. The first-order chi connectivity index (χ1) is 13.7. The van der Waals surface area contributed by atoms with E-state index in [0.717, 1.165) is 6.07 Å². The summed E-state index contributed by atoms with van der Waals surface area (Å²) >= 11 is 5.13. The van der Waals surface area contributed by atoms with Gasteiger partial charge in [0.1, 0.15) is 0 Å². The van der Waals surface area contributed by atoms with Crippen molar-refractivity contribution in [3.63, 3.8) is 0 Å². The zero-order valence-corrected chi connectivity index (χ0v) is 16.8. The number of hydrogen-bond donors (Lipinski definition) is 3. The third kappa shape index (κ3) is 5.98. The Kier molecular flexibility index (Phi) is 7.21. The molecule has 0 spiro atoms. The second kappa shape index (κ2) is 9.60.